The summed E-state index contributed by atoms with van der Waals surface area (Å²) in [6, 6.07) is -0.624. The van der Waals surface area contributed by atoms with E-state index in [1.54, 1.807) is 6.08 Å². The largest absolute Gasteiger partial charge is 0.466 e. The van der Waals surface area contributed by atoms with Crippen molar-refractivity contribution in [2.45, 2.75) is 334 Å². The molecule has 0 rings (SSSR count). The molecule has 0 radical (unpaired) electrons. The third-order valence-corrected chi connectivity index (χ3v) is 13.9. The lowest BCUT2D eigenvalue weighted by atomic mass is 10.0. The first kappa shape index (κ1) is 66.1. The highest BCUT2D eigenvalue weighted by molar-refractivity contribution is 5.76. The Hall–Kier alpha value is -1.92. The molecule has 0 aromatic heterocycles. The van der Waals surface area contributed by atoms with E-state index in [1.165, 1.54) is 244 Å². The number of esters is 1. The minimum Gasteiger partial charge on any atom is -0.466 e. The first-order chi connectivity index (χ1) is 33.5. The van der Waals surface area contributed by atoms with Crippen LogP contribution in [0.4, 0.5) is 0 Å². The van der Waals surface area contributed by atoms with Crippen molar-refractivity contribution >= 4 is 11.9 Å². The van der Waals surface area contributed by atoms with Crippen molar-refractivity contribution in [3.63, 3.8) is 0 Å². The fourth-order valence-electron chi connectivity index (χ4n) is 9.25. The maximum absolute atomic E-state index is 12.4. The molecule has 6 heteroatoms. The Morgan fingerprint density at radius 1 is 0.412 bits per heavy atom. The molecule has 0 aliphatic heterocycles. The van der Waals surface area contributed by atoms with Crippen LogP contribution in [0.5, 0.6) is 0 Å². The van der Waals surface area contributed by atoms with Crippen LogP contribution in [-0.2, 0) is 14.3 Å². The van der Waals surface area contributed by atoms with Crippen LogP contribution in [0.1, 0.15) is 322 Å². The number of hydrogen-bond donors (Lipinski definition) is 3. The van der Waals surface area contributed by atoms with Crippen molar-refractivity contribution in [2.24, 2.45) is 0 Å². The van der Waals surface area contributed by atoms with Crippen LogP contribution in [0, 0.1) is 0 Å². The summed E-state index contributed by atoms with van der Waals surface area (Å²) in [5, 5.41) is 22.9. The van der Waals surface area contributed by atoms with Crippen LogP contribution in [0.25, 0.3) is 0 Å². The number of unbranched alkanes of at least 4 members (excludes halogenated alkanes) is 41. The predicted octanol–water partition coefficient (Wildman–Crippen LogP) is 18.8. The summed E-state index contributed by atoms with van der Waals surface area (Å²) in [6.07, 6.45) is 72.0. The topological polar surface area (TPSA) is 95.9 Å². The molecule has 1 amide bonds. The number of carbonyl (C=O) groups excluding carboxylic acids is 2. The molecule has 400 valence electrons. The van der Waals surface area contributed by atoms with Gasteiger partial charge in [0.15, 0.2) is 0 Å². The average Bonchev–Trinajstić information content (AvgIpc) is 3.34. The molecule has 0 aliphatic carbocycles. The van der Waals surface area contributed by atoms with Crippen molar-refractivity contribution < 1.29 is 24.5 Å². The number of aliphatic hydroxyl groups is 2. The van der Waals surface area contributed by atoms with E-state index < -0.39 is 12.1 Å². The molecule has 0 aromatic carbocycles. The molecular weight excluding hydrogens is 839 g/mol. The van der Waals surface area contributed by atoms with Crippen molar-refractivity contribution in [3.05, 3.63) is 36.5 Å². The van der Waals surface area contributed by atoms with Gasteiger partial charge in [0.05, 0.1) is 25.4 Å². The molecule has 6 nitrogen and oxygen atoms in total. The zero-order chi connectivity index (χ0) is 49.3. The molecule has 0 saturated heterocycles. The molecule has 0 spiro atoms. The van der Waals surface area contributed by atoms with E-state index >= 15 is 0 Å². The summed E-state index contributed by atoms with van der Waals surface area (Å²) >= 11 is 0. The van der Waals surface area contributed by atoms with Crippen LogP contribution in [0.2, 0.25) is 0 Å². The second-order valence-corrected chi connectivity index (χ2v) is 20.7. The number of ether oxygens (including phenoxy) is 1. The van der Waals surface area contributed by atoms with Gasteiger partial charge >= 0.3 is 5.97 Å². The molecule has 0 fully saturated rings. The summed E-state index contributed by atoms with van der Waals surface area (Å²) in [5.41, 5.74) is 0. The van der Waals surface area contributed by atoms with Gasteiger partial charge in [0.1, 0.15) is 0 Å². The second kappa shape index (κ2) is 57.7. The Balaban J connectivity index is 3.34. The second-order valence-electron chi connectivity index (χ2n) is 20.7. The van der Waals surface area contributed by atoms with E-state index in [0.29, 0.717) is 19.4 Å². The van der Waals surface area contributed by atoms with Crippen LogP contribution < -0.4 is 5.32 Å². The number of amides is 1. The van der Waals surface area contributed by atoms with E-state index in [-0.39, 0.29) is 18.5 Å². The van der Waals surface area contributed by atoms with E-state index in [1.807, 2.05) is 6.08 Å². The third kappa shape index (κ3) is 53.4. The molecular formula is C62H117NO5. The summed E-state index contributed by atoms with van der Waals surface area (Å²) < 4.78 is 5.48. The van der Waals surface area contributed by atoms with E-state index in [2.05, 4.69) is 43.5 Å². The number of carbonyl (C=O) groups is 2. The van der Waals surface area contributed by atoms with Gasteiger partial charge in [0.2, 0.25) is 5.91 Å². The SMILES string of the molecule is CCCCCC/C=C\C/C=C\CCCCCCCC(=O)OCCCCCCCCCCCCCCCCCCCCCCCCCCCCC(=O)NC(CO)C(O)/C=C/CCCCCCCCC. The molecule has 2 unspecified atom stereocenters. The number of hydrogen-bond acceptors (Lipinski definition) is 5. The lowest BCUT2D eigenvalue weighted by Crippen LogP contribution is -2.45. The fourth-order valence-corrected chi connectivity index (χ4v) is 9.25. The third-order valence-electron chi connectivity index (χ3n) is 13.9. The predicted molar refractivity (Wildman–Crippen MR) is 296 cm³/mol. The van der Waals surface area contributed by atoms with Gasteiger partial charge in [-0.1, -0.05) is 281 Å². The van der Waals surface area contributed by atoms with Crippen LogP contribution in [0.3, 0.4) is 0 Å². The van der Waals surface area contributed by atoms with Crippen LogP contribution >= 0.6 is 0 Å². The Labute approximate surface area is 424 Å². The molecule has 68 heavy (non-hydrogen) atoms. The highest BCUT2D eigenvalue weighted by Gasteiger charge is 2.18. The summed E-state index contributed by atoms with van der Waals surface area (Å²) in [7, 11) is 0. The maximum atomic E-state index is 12.4. The Bertz CT molecular complexity index is 1100. The Kier molecular flexibility index (Phi) is 56.0. The monoisotopic (exact) mass is 956 g/mol. The van der Waals surface area contributed by atoms with E-state index in [4.69, 9.17) is 4.74 Å². The summed E-state index contributed by atoms with van der Waals surface area (Å²) in [6.45, 7) is 4.86. The fraction of sp³-hybridized carbons (Fsp3) is 0.871. The Morgan fingerprint density at radius 2 is 0.735 bits per heavy atom. The van der Waals surface area contributed by atoms with Gasteiger partial charge in [-0.15, -0.1) is 0 Å². The van der Waals surface area contributed by atoms with Crippen molar-refractivity contribution in [1.82, 2.24) is 5.32 Å². The quantitative estimate of drug-likeness (QED) is 0.0321. The number of aliphatic hydroxyl groups excluding tert-OH is 2. The van der Waals surface area contributed by atoms with Crippen molar-refractivity contribution in [2.75, 3.05) is 13.2 Å². The van der Waals surface area contributed by atoms with Gasteiger partial charge in [-0.05, 0) is 64.2 Å². The molecule has 3 N–H and O–H groups in total. The zero-order valence-corrected chi connectivity index (χ0v) is 45.6. The van der Waals surface area contributed by atoms with E-state index in [0.717, 1.165) is 51.4 Å². The molecule has 0 aliphatic rings. The molecule has 0 aromatic rings. The highest BCUT2D eigenvalue weighted by atomic mass is 16.5. The minimum absolute atomic E-state index is 0.00308. The molecule has 0 heterocycles. The molecule has 0 bridgehead atoms. The first-order valence-electron chi connectivity index (χ1n) is 30.3. The maximum Gasteiger partial charge on any atom is 0.305 e. The van der Waals surface area contributed by atoms with Gasteiger partial charge < -0.3 is 20.3 Å². The molecule has 0 saturated carbocycles. The van der Waals surface area contributed by atoms with Gasteiger partial charge in [-0.2, -0.15) is 0 Å². The van der Waals surface area contributed by atoms with Gasteiger partial charge in [-0.3, -0.25) is 9.59 Å². The Morgan fingerprint density at radius 3 is 1.13 bits per heavy atom. The number of allylic oxidation sites excluding steroid dienone is 5. The molecule has 2 atom stereocenters. The van der Waals surface area contributed by atoms with Gasteiger partial charge in [0, 0.05) is 12.8 Å². The highest BCUT2D eigenvalue weighted by Crippen LogP contribution is 2.17. The van der Waals surface area contributed by atoms with Crippen molar-refractivity contribution in [3.8, 4) is 0 Å². The zero-order valence-electron chi connectivity index (χ0n) is 45.6. The lowest BCUT2D eigenvalue weighted by Gasteiger charge is -2.20. The van der Waals surface area contributed by atoms with Crippen molar-refractivity contribution in [1.29, 1.82) is 0 Å². The normalized spacial score (nSPS) is 12.8. The smallest absolute Gasteiger partial charge is 0.305 e. The summed E-state index contributed by atoms with van der Waals surface area (Å²) in [4.78, 5) is 24.4. The van der Waals surface area contributed by atoms with Crippen LogP contribution in [0.15, 0.2) is 36.5 Å². The van der Waals surface area contributed by atoms with Crippen LogP contribution in [-0.4, -0.2) is 47.4 Å². The number of rotatable bonds is 56. The van der Waals surface area contributed by atoms with E-state index in [9.17, 15) is 19.8 Å². The van der Waals surface area contributed by atoms with Gasteiger partial charge in [0.25, 0.3) is 0 Å². The lowest BCUT2D eigenvalue weighted by molar-refractivity contribution is -0.143. The number of nitrogens with one attached hydrogen (secondary N) is 1. The van der Waals surface area contributed by atoms with Gasteiger partial charge in [-0.25, -0.2) is 0 Å². The minimum atomic E-state index is -0.840. The standard InChI is InChI=1S/C62H117NO5/c1-3-5-7-9-11-13-14-15-16-30-33-36-40-44-48-52-56-62(67)68-57-53-49-45-41-37-34-31-28-26-24-22-20-18-17-19-21-23-25-27-29-32-35-39-43-47-51-55-61(66)63-59(58-64)60(65)54-50-46-42-38-12-10-8-6-4-2/h13-14,16,30,50,54,59-60,64-65H,3-12,15,17-29,31-49,51-53,55-58H2,1-2H3,(H,63,66)/b14-13-,30-16-,54-50+. The first-order valence-corrected chi connectivity index (χ1v) is 30.3. The average molecular weight is 957 g/mol. The summed E-state index contributed by atoms with van der Waals surface area (Å²) in [5.74, 6) is -0.0652.